The molecular formula is C6H6N2O3. The Morgan fingerprint density at radius 3 is 2.73 bits per heavy atom. The summed E-state index contributed by atoms with van der Waals surface area (Å²) in [6.07, 6.45) is 1.00. The lowest BCUT2D eigenvalue weighted by atomic mass is 10.4. The molecule has 0 unspecified atom stereocenters. The van der Waals surface area contributed by atoms with Gasteiger partial charge in [0.05, 0.1) is 6.20 Å². The zero-order valence-electron chi connectivity index (χ0n) is 5.77. The molecule has 2 N–H and O–H groups in total. The topological polar surface area (TPSA) is 83.3 Å². The van der Waals surface area contributed by atoms with E-state index in [-0.39, 0.29) is 17.3 Å². The first-order valence-electron chi connectivity index (χ1n) is 2.87. The molecule has 0 aliphatic heterocycles. The van der Waals surface area contributed by atoms with Crippen molar-refractivity contribution in [3.05, 3.63) is 17.6 Å². The van der Waals surface area contributed by atoms with Gasteiger partial charge in [0.25, 0.3) is 0 Å². The molecule has 1 rings (SSSR count). The number of carbonyl (C=O) groups is 1. The number of aryl methyl sites for hydroxylation is 1. The average molecular weight is 154 g/mol. The monoisotopic (exact) mass is 154 g/mol. The van der Waals surface area contributed by atoms with Crippen LogP contribution in [0.3, 0.4) is 0 Å². The highest BCUT2D eigenvalue weighted by atomic mass is 16.4. The van der Waals surface area contributed by atoms with Crippen LogP contribution in [0.1, 0.15) is 16.2 Å². The summed E-state index contributed by atoms with van der Waals surface area (Å²) in [6.45, 7) is 1.48. The standard InChI is InChI=1S/C6H6N2O3/c1-3-5(9)7-2-4(8-3)6(10)11/h2H,1H3,(H,7,9)(H,10,11). The first kappa shape index (κ1) is 7.46. The van der Waals surface area contributed by atoms with Crippen LogP contribution in [0.4, 0.5) is 0 Å². The molecule has 1 heterocycles. The number of carboxylic acid groups (broad SMARTS) is 1. The number of rotatable bonds is 1. The van der Waals surface area contributed by atoms with E-state index >= 15 is 0 Å². The Bertz CT molecular complexity index is 298. The second kappa shape index (κ2) is 2.53. The molecule has 0 atom stereocenters. The number of aromatic carboxylic acids is 1. The minimum absolute atomic E-state index is 0.166. The number of carboxylic acids is 1. The van der Waals surface area contributed by atoms with E-state index in [2.05, 4.69) is 9.97 Å². The van der Waals surface area contributed by atoms with Crippen molar-refractivity contribution in [2.75, 3.05) is 0 Å². The van der Waals surface area contributed by atoms with E-state index in [0.717, 1.165) is 6.20 Å². The van der Waals surface area contributed by atoms with Crippen molar-refractivity contribution in [1.29, 1.82) is 0 Å². The van der Waals surface area contributed by atoms with E-state index in [9.17, 15) is 4.79 Å². The normalized spacial score (nSPS) is 9.55. The zero-order chi connectivity index (χ0) is 8.43. The van der Waals surface area contributed by atoms with Crippen LogP contribution >= 0.6 is 0 Å². The number of hydrogen-bond acceptors (Lipinski definition) is 4. The summed E-state index contributed by atoms with van der Waals surface area (Å²) < 4.78 is 0. The van der Waals surface area contributed by atoms with Crippen molar-refractivity contribution in [2.45, 2.75) is 6.92 Å². The third kappa shape index (κ3) is 1.43. The molecule has 0 saturated carbocycles. The molecule has 1 aromatic heterocycles. The van der Waals surface area contributed by atoms with E-state index < -0.39 is 5.97 Å². The van der Waals surface area contributed by atoms with Gasteiger partial charge in [-0.15, -0.1) is 0 Å². The molecule has 5 heteroatoms. The largest absolute Gasteiger partial charge is 0.492 e. The fourth-order valence-corrected chi connectivity index (χ4v) is 0.578. The minimum atomic E-state index is -1.15. The molecule has 11 heavy (non-hydrogen) atoms. The van der Waals surface area contributed by atoms with E-state index in [4.69, 9.17) is 10.2 Å². The molecular weight excluding hydrogens is 148 g/mol. The lowest BCUT2D eigenvalue weighted by Crippen LogP contribution is -2.02. The predicted octanol–water partition coefficient (Wildman–Crippen LogP) is 0.189. The van der Waals surface area contributed by atoms with E-state index in [1.807, 2.05) is 0 Å². The number of aromatic nitrogens is 2. The maximum Gasteiger partial charge on any atom is 0.356 e. The number of nitrogens with zero attached hydrogens (tertiary/aromatic N) is 2. The van der Waals surface area contributed by atoms with Gasteiger partial charge in [-0.25, -0.2) is 14.8 Å². The number of hydrogen-bond donors (Lipinski definition) is 2. The zero-order valence-corrected chi connectivity index (χ0v) is 5.77. The van der Waals surface area contributed by atoms with Gasteiger partial charge in [0, 0.05) is 0 Å². The van der Waals surface area contributed by atoms with Crippen molar-refractivity contribution < 1.29 is 15.0 Å². The van der Waals surface area contributed by atoms with Gasteiger partial charge in [-0.2, -0.15) is 0 Å². The smallest absolute Gasteiger partial charge is 0.356 e. The summed E-state index contributed by atoms with van der Waals surface area (Å²) in [5.74, 6) is -1.39. The lowest BCUT2D eigenvalue weighted by molar-refractivity contribution is 0.0689. The quantitative estimate of drug-likeness (QED) is 0.603. The first-order valence-corrected chi connectivity index (χ1v) is 2.87. The Labute approximate surface area is 62.4 Å². The molecule has 0 saturated heterocycles. The maximum absolute atomic E-state index is 10.3. The predicted molar refractivity (Wildman–Crippen MR) is 35.4 cm³/mol. The van der Waals surface area contributed by atoms with Gasteiger partial charge in [0.2, 0.25) is 5.88 Å². The second-order valence-corrected chi connectivity index (χ2v) is 1.97. The summed E-state index contributed by atoms with van der Waals surface area (Å²) in [6, 6.07) is 0. The van der Waals surface area contributed by atoms with Crippen LogP contribution in [0, 0.1) is 6.92 Å². The molecule has 1 aromatic rings. The molecule has 5 nitrogen and oxygen atoms in total. The molecule has 0 fully saturated rings. The van der Waals surface area contributed by atoms with E-state index in [0.29, 0.717) is 0 Å². The average Bonchev–Trinajstić information content (AvgIpc) is 1.94. The molecule has 0 aromatic carbocycles. The van der Waals surface area contributed by atoms with Crippen LogP contribution in [0.15, 0.2) is 6.20 Å². The van der Waals surface area contributed by atoms with Gasteiger partial charge in [-0.05, 0) is 6.92 Å². The van der Waals surface area contributed by atoms with Crippen LogP contribution in [-0.2, 0) is 0 Å². The Kier molecular flexibility index (Phi) is 1.72. The van der Waals surface area contributed by atoms with Crippen LogP contribution in [-0.4, -0.2) is 26.2 Å². The third-order valence-electron chi connectivity index (χ3n) is 1.14. The van der Waals surface area contributed by atoms with Gasteiger partial charge >= 0.3 is 5.97 Å². The Balaban J connectivity index is 3.15. The summed E-state index contributed by atoms with van der Waals surface area (Å²) >= 11 is 0. The van der Waals surface area contributed by atoms with Crippen molar-refractivity contribution in [1.82, 2.24) is 9.97 Å². The van der Waals surface area contributed by atoms with Crippen LogP contribution in [0.2, 0.25) is 0 Å². The fraction of sp³-hybridized carbons (Fsp3) is 0.167. The fourth-order valence-electron chi connectivity index (χ4n) is 0.578. The van der Waals surface area contributed by atoms with Crippen molar-refractivity contribution in [3.8, 4) is 5.88 Å². The lowest BCUT2D eigenvalue weighted by Gasteiger charge is -1.96. The van der Waals surface area contributed by atoms with Gasteiger partial charge in [-0.3, -0.25) is 0 Å². The van der Waals surface area contributed by atoms with Gasteiger partial charge in [-0.1, -0.05) is 0 Å². The molecule has 0 bridgehead atoms. The van der Waals surface area contributed by atoms with Crippen molar-refractivity contribution >= 4 is 5.97 Å². The van der Waals surface area contributed by atoms with Crippen molar-refractivity contribution in [3.63, 3.8) is 0 Å². The van der Waals surface area contributed by atoms with Crippen molar-refractivity contribution in [2.24, 2.45) is 0 Å². The highest BCUT2D eigenvalue weighted by molar-refractivity contribution is 5.84. The maximum atomic E-state index is 10.3. The Morgan fingerprint density at radius 2 is 2.27 bits per heavy atom. The molecule has 0 amide bonds. The highest BCUT2D eigenvalue weighted by Gasteiger charge is 2.06. The van der Waals surface area contributed by atoms with Crippen LogP contribution in [0.5, 0.6) is 5.88 Å². The molecule has 0 aliphatic carbocycles. The van der Waals surface area contributed by atoms with Gasteiger partial charge in [0.15, 0.2) is 5.69 Å². The summed E-state index contributed by atoms with van der Waals surface area (Å²) in [7, 11) is 0. The summed E-state index contributed by atoms with van der Waals surface area (Å²) in [5.41, 5.74) is 0.0465. The molecule has 58 valence electrons. The van der Waals surface area contributed by atoms with Gasteiger partial charge in [0.1, 0.15) is 5.69 Å². The Morgan fingerprint density at radius 1 is 1.64 bits per heavy atom. The second-order valence-electron chi connectivity index (χ2n) is 1.97. The van der Waals surface area contributed by atoms with E-state index in [1.54, 1.807) is 0 Å². The van der Waals surface area contributed by atoms with Gasteiger partial charge < -0.3 is 10.2 Å². The molecule has 0 spiro atoms. The summed E-state index contributed by atoms with van der Waals surface area (Å²) in [4.78, 5) is 17.3. The molecule has 0 aliphatic rings. The minimum Gasteiger partial charge on any atom is -0.492 e. The van der Waals surface area contributed by atoms with Crippen LogP contribution < -0.4 is 0 Å². The van der Waals surface area contributed by atoms with Crippen LogP contribution in [0.25, 0.3) is 0 Å². The summed E-state index contributed by atoms with van der Waals surface area (Å²) in [5, 5.41) is 17.3. The third-order valence-corrected chi connectivity index (χ3v) is 1.14. The highest BCUT2D eigenvalue weighted by Crippen LogP contribution is 2.07. The first-order chi connectivity index (χ1) is 5.11. The number of aromatic hydroxyl groups is 1. The Hall–Kier alpha value is -1.65. The SMILES string of the molecule is Cc1nc(C(=O)O)cnc1O. The molecule has 0 radical (unpaired) electrons. The van der Waals surface area contributed by atoms with E-state index in [1.165, 1.54) is 6.92 Å².